The summed E-state index contributed by atoms with van der Waals surface area (Å²) >= 11 is 0. The number of rotatable bonds is 8. The lowest BCUT2D eigenvalue weighted by Crippen LogP contribution is -2.43. The zero-order valence-corrected chi connectivity index (χ0v) is 14.2. The lowest BCUT2D eigenvalue weighted by Gasteiger charge is -2.14. The summed E-state index contributed by atoms with van der Waals surface area (Å²) in [5.41, 5.74) is 2.50. The zero-order chi connectivity index (χ0) is 18.2. The van der Waals surface area contributed by atoms with Crippen LogP contribution in [0.1, 0.15) is 21.5 Å². The Morgan fingerprint density at radius 3 is 2.60 bits per heavy atom. The second kappa shape index (κ2) is 8.84. The van der Waals surface area contributed by atoms with Crippen LogP contribution in [-0.4, -0.2) is 36.7 Å². The number of hydrogen-bond donors (Lipinski definition) is 2. The van der Waals surface area contributed by atoms with Crippen LogP contribution >= 0.6 is 0 Å². The molecule has 0 saturated heterocycles. The molecule has 0 bridgehead atoms. The molecule has 0 heterocycles. The second-order valence-electron chi connectivity index (χ2n) is 5.63. The summed E-state index contributed by atoms with van der Waals surface area (Å²) in [6, 6.07) is 13.5. The van der Waals surface area contributed by atoms with E-state index in [4.69, 9.17) is 14.6 Å². The molecule has 6 heteroatoms. The highest BCUT2D eigenvalue weighted by Crippen LogP contribution is 2.16. The van der Waals surface area contributed by atoms with Crippen molar-refractivity contribution in [3.8, 4) is 5.75 Å². The SMILES string of the molecule is COCC(NC(=O)c1cccc(OCc2cccc(C)c2)c1)C(=O)O. The van der Waals surface area contributed by atoms with E-state index < -0.39 is 17.9 Å². The van der Waals surface area contributed by atoms with E-state index in [0.29, 0.717) is 17.9 Å². The van der Waals surface area contributed by atoms with Crippen molar-refractivity contribution in [1.29, 1.82) is 0 Å². The topological polar surface area (TPSA) is 84.9 Å². The van der Waals surface area contributed by atoms with Crippen molar-refractivity contribution < 1.29 is 24.2 Å². The summed E-state index contributed by atoms with van der Waals surface area (Å²) in [7, 11) is 1.38. The molecule has 0 radical (unpaired) electrons. The van der Waals surface area contributed by atoms with Gasteiger partial charge in [0, 0.05) is 12.7 Å². The normalized spacial score (nSPS) is 11.6. The summed E-state index contributed by atoms with van der Waals surface area (Å²) in [6.07, 6.45) is 0. The minimum atomic E-state index is -1.15. The Balaban J connectivity index is 2.02. The van der Waals surface area contributed by atoms with E-state index in [1.807, 2.05) is 31.2 Å². The van der Waals surface area contributed by atoms with Crippen LogP contribution in [0.25, 0.3) is 0 Å². The van der Waals surface area contributed by atoms with Gasteiger partial charge in [0.15, 0.2) is 6.04 Å². The van der Waals surface area contributed by atoms with Crippen LogP contribution in [0.15, 0.2) is 48.5 Å². The molecule has 0 aromatic heterocycles. The molecule has 0 aliphatic carbocycles. The minimum absolute atomic E-state index is 0.107. The number of aliphatic carboxylic acids is 1. The fourth-order valence-electron chi connectivity index (χ4n) is 2.28. The van der Waals surface area contributed by atoms with Gasteiger partial charge in [0.25, 0.3) is 5.91 Å². The Labute approximate surface area is 146 Å². The van der Waals surface area contributed by atoms with Crippen molar-refractivity contribution in [2.45, 2.75) is 19.6 Å². The third-order valence-corrected chi connectivity index (χ3v) is 3.52. The van der Waals surface area contributed by atoms with Gasteiger partial charge in [0.1, 0.15) is 12.4 Å². The average Bonchev–Trinajstić information content (AvgIpc) is 2.60. The van der Waals surface area contributed by atoms with Gasteiger partial charge in [0.05, 0.1) is 6.61 Å². The molecule has 132 valence electrons. The lowest BCUT2D eigenvalue weighted by molar-refractivity contribution is -0.140. The number of carbonyl (C=O) groups excluding carboxylic acids is 1. The van der Waals surface area contributed by atoms with Gasteiger partial charge in [-0.3, -0.25) is 4.79 Å². The van der Waals surface area contributed by atoms with E-state index in [1.165, 1.54) is 7.11 Å². The van der Waals surface area contributed by atoms with Crippen LogP contribution in [0.3, 0.4) is 0 Å². The first-order chi connectivity index (χ1) is 12.0. The minimum Gasteiger partial charge on any atom is -0.489 e. The fourth-order valence-corrected chi connectivity index (χ4v) is 2.28. The first-order valence-electron chi connectivity index (χ1n) is 7.80. The molecular formula is C19H21NO5. The van der Waals surface area contributed by atoms with E-state index in [9.17, 15) is 9.59 Å². The van der Waals surface area contributed by atoms with E-state index >= 15 is 0 Å². The monoisotopic (exact) mass is 343 g/mol. The Bertz CT molecular complexity index is 744. The third kappa shape index (κ3) is 5.61. The molecule has 0 saturated carbocycles. The average molecular weight is 343 g/mol. The molecule has 1 unspecified atom stereocenters. The van der Waals surface area contributed by atoms with Crippen LogP contribution in [-0.2, 0) is 16.1 Å². The maximum Gasteiger partial charge on any atom is 0.328 e. The second-order valence-corrected chi connectivity index (χ2v) is 5.63. The number of carboxylic acids is 1. The highest BCUT2D eigenvalue weighted by Gasteiger charge is 2.20. The summed E-state index contributed by atoms with van der Waals surface area (Å²) in [5, 5.41) is 11.5. The number of nitrogens with one attached hydrogen (secondary N) is 1. The van der Waals surface area contributed by atoms with Crippen LogP contribution < -0.4 is 10.1 Å². The smallest absolute Gasteiger partial charge is 0.328 e. The Kier molecular flexibility index (Phi) is 6.54. The number of aryl methyl sites for hydroxylation is 1. The van der Waals surface area contributed by atoms with Crippen LogP contribution in [0.4, 0.5) is 0 Å². The van der Waals surface area contributed by atoms with E-state index in [1.54, 1.807) is 24.3 Å². The first kappa shape index (κ1) is 18.5. The number of amides is 1. The van der Waals surface area contributed by atoms with E-state index in [2.05, 4.69) is 5.32 Å². The van der Waals surface area contributed by atoms with Crippen molar-refractivity contribution >= 4 is 11.9 Å². The van der Waals surface area contributed by atoms with Gasteiger partial charge in [-0.15, -0.1) is 0 Å². The number of carbonyl (C=O) groups is 2. The molecular weight excluding hydrogens is 322 g/mol. The van der Waals surface area contributed by atoms with Crippen LogP contribution in [0.5, 0.6) is 5.75 Å². The molecule has 25 heavy (non-hydrogen) atoms. The number of methoxy groups -OCH3 is 1. The number of benzene rings is 2. The van der Waals surface area contributed by atoms with Gasteiger partial charge in [-0.25, -0.2) is 4.79 Å². The van der Waals surface area contributed by atoms with Gasteiger partial charge in [0.2, 0.25) is 0 Å². The van der Waals surface area contributed by atoms with Crippen molar-refractivity contribution in [1.82, 2.24) is 5.32 Å². The first-order valence-corrected chi connectivity index (χ1v) is 7.80. The van der Waals surface area contributed by atoms with Crippen molar-refractivity contribution in [2.75, 3.05) is 13.7 Å². The zero-order valence-electron chi connectivity index (χ0n) is 14.2. The Hall–Kier alpha value is -2.86. The summed E-state index contributed by atoms with van der Waals surface area (Å²) in [5.74, 6) is -1.11. The van der Waals surface area contributed by atoms with Gasteiger partial charge < -0.3 is 19.9 Å². The van der Waals surface area contributed by atoms with Crippen LogP contribution in [0, 0.1) is 6.92 Å². The predicted octanol–water partition coefficient (Wildman–Crippen LogP) is 2.40. The summed E-state index contributed by atoms with van der Waals surface area (Å²) < 4.78 is 10.5. The molecule has 6 nitrogen and oxygen atoms in total. The number of carboxylic acid groups (broad SMARTS) is 1. The fraction of sp³-hybridized carbons (Fsp3) is 0.263. The standard InChI is InChI=1S/C19H21NO5/c1-13-5-3-6-14(9-13)11-25-16-8-4-7-15(10-16)18(21)20-17(12-24-2)19(22)23/h3-10,17H,11-12H2,1-2H3,(H,20,21)(H,22,23). The summed E-state index contributed by atoms with van der Waals surface area (Å²) in [4.78, 5) is 23.3. The Morgan fingerprint density at radius 2 is 1.92 bits per heavy atom. The van der Waals surface area contributed by atoms with Gasteiger partial charge >= 0.3 is 5.97 Å². The molecule has 0 spiro atoms. The number of ether oxygens (including phenoxy) is 2. The molecule has 2 N–H and O–H groups in total. The van der Waals surface area contributed by atoms with Crippen LogP contribution in [0.2, 0.25) is 0 Å². The molecule has 0 aliphatic rings. The number of hydrogen-bond acceptors (Lipinski definition) is 4. The van der Waals surface area contributed by atoms with E-state index in [-0.39, 0.29) is 6.61 Å². The predicted molar refractivity (Wildman–Crippen MR) is 92.7 cm³/mol. The molecule has 1 atom stereocenters. The van der Waals surface area contributed by atoms with Gasteiger partial charge in [-0.05, 0) is 30.7 Å². The molecule has 0 fully saturated rings. The van der Waals surface area contributed by atoms with Crippen molar-refractivity contribution in [2.24, 2.45) is 0 Å². The van der Waals surface area contributed by atoms with E-state index in [0.717, 1.165) is 11.1 Å². The molecule has 2 rings (SSSR count). The molecule has 2 aromatic rings. The lowest BCUT2D eigenvalue weighted by atomic mass is 10.1. The van der Waals surface area contributed by atoms with Gasteiger partial charge in [-0.2, -0.15) is 0 Å². The Morgan fingerprint density at radius 1 is 1.16 bits per heavy atom. The molecule has 2 aromatic carbocycles. The maximum absolute atomic E-state index is 12.2. The maximum atomic E-state index is 12.2. The highest BCUT2D eigenvalue weighted by molar-refractivity contribution is 5.96. The molecule has 1 amide bonds. The summed E-state index contributed by atoms with van der Waals surface area (Å²) in [6.45, 7) is 2.28. The molecule has 0 aliphatic heterocycles. The van der Waals surface area contributed by atoms with Gasteiger partial charge in [-0.1, -0.05) is 35.9 Å². The van der Waals surface area contributed by atoms with Crippen molar-refractivity contribution in [3.63, 3.8) is 0 Å². The third-order valence-electron chi connectivity index (χ3n) is 3.52. The quantitative estimate of drug-likeness (QED) is 0.769. The van der Waals surface area contributed by atoms with Crippen molar-refractivity contribution in [3.05, 3.63) is 65.2 Å². The largest absolute Gasteiger partial charge is 0.489 e. The highest BCUT2D eigenvalue weighted by atomic mass is 16.5.